The highest BCUT2D eigenvalue weighted by Gasteiger charge is 2.13. The van der Waals surface area contributed by atoms with Crippen LogP contribution < -0.4 is 5.32 Å². The van der Waals surface area contributed by atoms with E-state index in [1.54, 1.807) is 0 Å². The molecule has 0 saturated carbocycles. The van der Waals surface area contributed by atoms with Gasteiger partial charge in [-0.25, -0.2) is 0 Å². The summed E-state index contributed by atoms with van der Waals surface area (Å²) in [5.74, 6) is 0. The highest BCUT2D eigenvalue weighted by Crippen LogP contribution is 2.17. The molecular formula is C18H31N3. The molecule has 1 aliphatic heterocycles. The first-order valence-electron chi connectivity index (χ1n) is 8.49. The lowest BCUT2D eigenvalue weighted by atomic mass is 10.0. The first-order valence-corrected chi connectivity index (χ1v) is 8.49. The molecule has 0 aliphatic carbocycles. The van der Waals surface area contributed by atoms with Crippen molar-refractivity contribution < 1.29 is 0 Å². The number of piperazine rings is 1. The molecule has 1 aromatic rings. The fourth-order valence-electron chi connectivity index (χ4n) is 3.01. The molecule has 1 heterocycles. The molecule has 2 rings (SSSR count). The topological polar surface area (TPSA) is 18.5 Å². The van der Waals surface area contributed by atoms with Crippen LogP contribution in [0.2, 0.25) is 0 Å². The fourth-order valence-corrected chi connectivity index (χ4v) is 3.01. The normalized spacial score (nSPS) is 18.8. The standard InChI is InChI=1S/C18H31N3/c1-3-8-18(17-9-5-4-6-10-17)19-11-7-12-21-15-13-20(2)14-16-21/h4-6,9-10,18-19H,3,7-8,11-16H2,1-2H3. The van der Waals surface area contributed by atoms with Crippen molar-refractivity contribution in [3.05, 3.63) is 35.9 Å². The summed E-state index contributed by atoms with van der Waals surface area (Å²) in [7, 11) is 2.22. The van der Waals surface area contributed by atoms with Crippen LogP contribution in [0.4, 0.5) is 0 Å². The van der Waals surface area contributed by atoms with Gasteiger partial charge in [-0.2, -0.15) is 0 Å². The van der Waals surface area contributed by atoms with Crippen LogP contribution >= 0.6 is 0 Å². The van der Waals surface area contributed by atoms with E-state index in [1.807, 2.05) is 0 Å². The molecule has 0 spiro atoms. The average Bonchev–Trinajstić information content (AvgIpc) is 2.53. The zero-order valence-electron chi connectivity index (χ0n) is 13.7. The molecule has 0 aromatic heterocycles. The second kappa shape index (κ2) is 9.19. The van der Waals surface area contributed by atoms with Crippen LogP contribution in [0, 0.1) is 0 Å². The third-order valence-electron chi connectivity index (χ3n) is 4.42. The minimum atomic E-state index is 0.517. The summed E-state index contributed by atoms with van der Waals surface area (Å²) >= 11 is 0. The van der Waals surface area contributed by atoms with Gasteiger partial charge in [0.05, 0.1) is 0 Å². The Balaban J connectivity index is 1.68. The van der Waals surface area contributed by atoms with E-state index in [2.05, 4.69) is 59.4 Å². The predicted molar refractivity (Wildman–Crippen MR) is 90.6 cm³/mol. The lowest BCUT2D eigenvalue weighted by Crippen LogP contribution is -2.45. The van der Waals surface area contributed by atoms with Crippen LogP contribution in [-0.2, 0) is 0 Å². The summed E-state index contributed by atoms with van der Waals surface area (Å²) in [6.07, 6.45) is 3.69. The molecule has 1 aromatic carbocycles. The van der Waals surface area contributed by atoms with Crippen molar-refractivity contribution in [3.8, 4) is 0 Å². The van der Waals surface area contributed by atoms with Crippen LogP contribution in [-0.4, -0.2) is 56.1 Å². The van der Waals surface area contributed by atoms with E-state index >= 15 is 0 Å². The Morgan fingerprint density at radius 3 is 2.48 bits per heavy atom. The Kier molecular flexibility index (Phi) is 7.20. The quantitative estimate of drug-likeness (QED) is 0.742. The number of hydrogen-bond donors (Lipinski definition) is 1. The van der Waals surface area contributed by atoms with E-state index < -0.39 is 0 Å². The van der Waals surface area contributed by atoms with Crippen molar-refractivity contribution >= 4 is 0 Å². The summed E-state index contributed by atoms with van der Waals surface area (Å²) in [5.41, 5.74) is 1.43. The van der Waals surface area contributed by atoms with Crippen molar-refractivity contribution in [3.63, 3.8) is 0 Å². The van der Waals surface area contributed by atoms with E-state index in [4.69, 9.17) is 0 Å². The van der Waals surface area contributed by atoms with Gasteiger partial charge in [0, 0.05) is 32.2 Å². The Labute approximate surface area is 130 Å². The van der Waals surface area contributed by atoms with Gasteiger partial charge in [-0.1, -0.05) is 43.7 Å². The number of likely N-dealkylation sites (N-methyl/N-ethyl adjacent to an activating group) is 1. The third kappa shape index (κ3) is 5.77. The van der Waals surface area contributed by atoms with E-state index in [9.17, 15) is 0 Å². The maximum atomic E-state index is 3.75. The van der Waals surface area contributed by atoms with Crippen molar-refractivity contribution in [2.75, 3.05) is 46.3 Å². The molecule has 1 atom stereocenters. The monoisotopic (exact) mass is 289 g/mol. The largest absolute Gasteiger partial charge is 0.310 e. The summed E-state index contributed by atoms with van der Waals surface area (Å²) in [6, 6.07) is 11.4. The molecule has 3 heteroatoms. The molecule has 0 bridgehead atoms. The smallest absolute Gasteiger partial charge is 0.0320 e. The molecular weight excluding hydrogens is 258 g/mol. The number of hydrogen-bond acceptors (Lipinski definition) is 3. The molecule has 1 fully saturated rings. The zero-order chi connectivity index (χ0) is 14.9. The predicted octanol–water partition coefficient (Wildman–Crippen LogP) is 2.75. The first kappa shape index (κ1) is 16.5. The minimum Gasteiger partial charge on any atom is -0.310 e. The molecule has 1 N–H and O–H groups in total. The number of rotatable bonds is 8. The Bertz CT molecular complexity index is 371. The van der Waals surface area contributed by atoms with Crippen LogP contribution in [0.3, 0.4) is 0 Å². The summed E-state index contributed by atoms with van der Waals surface area (Å²) in [6.45, 7) is 9.51. The maximum Gasteiger partial charge on any atom is 0.0320 e. The average molecular weight is 289 g/mol. The maximum absolute atomic E-state index is 3.75. The third-order valence-corrected chi connectivity index (χ3v) is 4.42. The Morgan fingerprint density at radius 2 is 1.81 bits per heavy atom. The van der Waals surface area contributed by atoms with Crippen LogP contribution in [0.5, 0.6) is 0 Å². The van der Waals surface area contributed by atoms with Crippen LogP contribution in [0.15, 0.2) is 30.3 Å². The van der Waals surface area contributed by atoms with Gasteiger partial charge in [0.2, 0.25) is 0 Å². The van der Waals surface area contributed by atoms with Gasteiger partial charge >= 0.3 is 0 Å². The van der Waals surface area contributed by atoms with Crippen molar-refractivity contribution in [2.45, 2.75) is 32.2 Å². The highest BCUT2D eigenvalue weighted by atomic mass is 15.2. The van der Waals surface area contributed by atoms with Gasteiger partial charge in [0.1, 0.15) is 0 Å². The molecule has 1 aliphatic rings. The first-order chi connectivity index (χ1) is 10.3. The Morgan fingerprint density at radius 1 is 1.10 bits per heavy atom. The van der Waals surface area contributed by atoms with E-state index in [1.165, 1.54) is 57.5 Å². The summed E-state index contributed by atoms with van der Waals surface area (Å²) < 4.78 is 0. The molecule has 21 heavy (non-hydrogen) atoms. The van der Waals surface area contributed by atoms with Gasteiger partial charge in [0.15, 0.2) is 0 Å². The number of nitrogens with one attached hydrogen (secondary N) is 1. The fraction of sp³-hybridized carbons (Fsp3) is 0.667. The van der Waals surface area contributed by atoms with Gasteiger partial charge in [0.25, 0.3) is 0 Å². The SMILES string of the molecule is CCCC(NCCCN1CCN(C)CC1)c1ccccc1. The van der Waals surface area contributed by atoms with Crippen molar-refractivity contribution in [1.29, 1.82) is 0 Å². The molecule has 0 radical (unpaired) electrons. The van der Waals surface area contributed by atoms with E-state index in [0.29, 0.717) is 6.04 Å². The minimum absolute atomic E-state index is 0.517. The lowest BCUT2D eigenvalue weighted by molar-refractivity contribution is 0.152. The van der Waals surface area contributed by atoms with Crippen molar-refractivity contribution in [2.24, 2.45) is 0 Å². The van der Waals surface area contributed by atoms with Gasteiger partial charge in [-0.15, -0.1) is 0 Å². The summed E-state index contributed by atoms with van der Waals surface area (Å²) in [4.78, 5) is 5.01. The molecule has 118 valence electrons. The van der Waals surface area contributed by atoms with E-state index in [0.717, 1.165) is 6.54 Å². The second-order valence-electron chi connectivity index (χ2n) is 6.20. The zero-order valence-corrected chi connectivity index (χ0v) is 13.7. The molecule has 1 saturated heterocycles. The lowest BCUT2D eigenvalue weighted by Gasteiger charge is -2.32. The van der Waals surface area contributed by atoms with Crippen LogP contribution in [0.25, 0.3) is 0 Å². The van der Waals surface area contributed by atoms with Gasteiger partial charge in [-0.3, -0.25) is 0 Å². The second-order valence-corrected chi connectivity index (χ2v) is 6.20. The Hall–Kier alpha value is -0.900. The summed E-state index contributed by atoms with van der Waals surface area (Å²) in [5, 5.41) is 3.75. The van der Waals surface area contributed by atoms with Gasteiger partial charge in [-0.05, 0) is 38.5 Å². The number of nitrogens with zero attached hydrogens (tertiary/aromatic N) is 2. The molecule has 3 nitrogen and oxygen atoms in total. The van der Waals surface area contributed by atoms with E-state index in [-0.39, 0.29) is 0 Å². The highest BCUT2D eigenvalue weighted by molar-refractivity contribution is 5.18. The molecule has 0 amide bonds. The number of benzene rings is 1. The van der Waals surface area contributed by atoms with Crippen LogP contribution in [0.1, 0.15) is 37.8 Å². The van der Waals surface area contributed by atoms with Gasteiger partial charge < -0.3 is 15.1 Å². The molecule has 1 unspecified atom stereocenters. The van der Waals surface area contributed by atoms with Crippen molar-refractivity contribution in [1.82, 2.24) is 15.1 Å².